The molecular weight excluding hydrogens is 288 g/mol. The second-order valence-electron chi connectivity index (χ2n) is 4.53. The predicted octanol–water partition coefficient (Wildman–Crippen LogP) is 3.03. The summed E-state index contributed by atoms with van der Waals surface area (Å²) in [7, 11) is 1.55. The quantitative estimate of drug-likeness (QED) is 0.581. The van der Waals surface area contributed by atoms with E-state index in [2.05, 4.69) is 9.97 Å². The molecule has 0 radical (unpaired) electrons. The maximum Gasteiger partial charge on any atom is 0.340 e. The number of methoxy groups -OCH3 is 1. The molecule has 21 heavy (non-hydrogen) atoms. The number of rotatable bonds is 7. The molecule has 0 aromatic carbocycles. The van der Waals surface area contributed by atoms with Crippen LogP contribution in [0.4, 0.5) is 0 Å². The Morgan fingerprint density at radius 3 is 2.90 bits per heavy atom. The first-order chi connectivity index (χ1) is 10.2. The van der Waals surface area contributed by atoms with Crippen molar-refractivity contribution in [1.82, 2.24) is 9.97 Å². The first kappa shape index (κ1) is 15.4. The summed E-state index contributed by atoms with van der Waals surface area (Å²) >= 11 is 1.65. The molecule has 0 spiro atoms. The van der Waals surface area contributed by atoms with Crippen LogP contribution in [0.25, 0.3) is 0 Å². The van der Waals surface area contributed by atoms with Crippen LogP contribution in [-0.2, 0) is 11.2 Å². The number of hydrogen-bond donors (Lipinski definition) is 0. The van der Waals surface area contributed by atoms with Gasteiger partial charge in [-0.15, -0.1) is 11.3 Å². The van der Waals surface area contributed by atoms with Crippen LogP contribution < -0.4 is 4.74 Å². The van der Waals surface area contributed by atoms with Crippen molar-refractivity contribution < 1.29 is 14.3 Å². The maximum absolute atomic E-state index is 12.0. The van der Waals surface area contributed by atoms with Crippen LogP contribution in [0.15, 0.2) is 24.0 Å². The van der Waals surface area contributed by atoms with E-state index in [-0.39, 0.29) is 5.97 Å². The lowest BCUT2D eigenvalue weighted by atomic mass is 10.1. The molecule has 112 valence electrons. The average molecular weight is 306 g/mol. The Balaban J connectivity index is 1.77. The normalized spacial score (nSPS) is 10.4. The monoisotopic (exact) mass is 306 g/mol. The Morgan fingerprint density at radius 1 is 1.33 bits per heavy atom. The van der Waals surface area contributed by atoms with Crippen LogP contribution in [0.1, 0.15) is 33.8 Å². The van der Waals surface area contributed by atoms with Crippen LogP contribution in [0, 0.1) is 6.92 Å². The lowest BCUT2D eigenvalue weighted by Gasteiger charge is -2.09. The molecule has 0 aliphatic rings. The Hall–Kier alpha value is -1.95. The smallest absolute Gasteiger partial charge is 0.340 e. The van der Waals surface area contributed by atoms with Crippen molar-refractivity contribution in [3.05, 3.63) is 40.1 Å². The van der Waals surface area contributed by atoms with Gasteiger partial charge in [0.15, 0.2) is 0 Å². The van der Waals surface area contributed by atoms with Crippen LogP contribution in [0.3, 0.4) is 0 Å². The molecule has 2 heterocycles. The zero-order valence-corrected chi connectivity index (χ0v) is 13.0. The second-order valence-corrected chi connectivity index (χ2v) is 5.51. The molecule has 2 aromatic heterocycles. The molecule has 5 nitrogen and oxygen atoms in total. The van der Waals surface area contributed by atoms with Crippen molar-refractivity contribution in [2.24, 2.45) is 0 Å². The van der Waals surface area contributed by atoms with E-state index in [1.807, 2.05) is 12.3 Å². The number of unbranched alkanes of at least 4 members (excludes halogenated alkanes) is 1. The number of esters is 1. The molecule has 0 aliphatic carbocycles. The summed E-state index contributed by atoms with van der Waals surface area (Å²) < 4.78 is 10.4. The van der Waals surface area contributed by atoms with Gasteiger partial charge in [0.25, 0.3) is 0 Å². The molecule has 0 N–H and O–H groups in total. The lowest BCUT2D eigenvalue weighted by Crippen LogP contribution is -2.09. The molecule has 0 fully saturated rings. The van der Waals surface area contributed by atoms with E-state index in [4.69, 9.17) is 9.47 Å². The molecule has 0 amide bonds. The van der Waals surface area contributed by atoms with Crippen LogP contribution >= 0.6 is 11.3 Å². The summed E-state index contributed by atoms with van der Waals surface area (Å²) in [5.41, 5.74) is 1.20. The van der Waals surface area contributed by atoms with E-state index in [0.29, 0.717) is 17.9 Å². The molecule has 0 aliphatic heterocycles. The second kappa shape index (κ2) is 7.73. The fraction of sp³-hybridized carbons (Fsp3) is 0.400. The average Bonchev–Trinajstić information content (AvgIpc) is 3.00. The van der Waals surface area contributed by atoms with Gasteiger partial charge in [0.2, 0.25) is 0 Å². The molecule has 6 heteroatoms. The Labute approximate surface area is 128 Å². The predicted molar refractivity (Wildman–Crippen MR) is 80.9 cm³/mol. The van der Waals surface area contributed by atoms with Crippen molar-refractivity contribution >= 4 is 17.3 Å². The first-order valence-corrected chi connectivity index (χ1v) is 7.64. The number of thiazole rings is 1. The van der Waals surface area contributed by atoms with Gasteiger partial charge < -0.3 is 9.47 Å². The first-order valence-electron chi connectivity index (χ1n) is 6.76. The Bertz CT molecular complexity index is 585. The number of carbonyl (C=O) groups is 1. The highest BCUT2D eigenvalue weighted by Crippen LogP contribution is 2.20. The Morgan fingerprint density at radius 2 is 2.19 bits per heavy atom. The topological polar surface area (TPSA) is 61.3 Å². The lowest BCUT2D eigenvalue weighted by molar-refractivity contribution is 0.0496. The SMILES string of the molecule is COc1cncc(C(=O)OCCCCc2nccs2)c1C. The van der Waals surface area contributed by atoms with Crippen molar-refractivity contribution in [2.45, 2.75) is 26.2 Å². The number of hydrogen-bond acceptors (Lipinski definition) is 6. The van der Waals surface area contributed by atoms with Gasteiger partial charge in [0, 0.05) is 23.3 Å². The largest absolute Gasteiger partial charge is 0.495 e. The van der Waals surface area contributed by atoms with E-state index in [0.717, 1.165) is 29.8 Å². The number of aryl methyl sites for hydroxylation is 1. The van der Waals surface area contributed by atoms with E-state index < -0.39 is 0 Å². The highest BCUT2D eigenvalue weighted by Gasteiger charge is 2.14. The Kier molecular flexibility index (Phi) is 5.68. The minimum Gasteiger partial charge on any atom is -0.495 e. The highest BCUT2D eigenvalue weighted by atomic mass is 32.1. The van der Waals surface area contributed by atoms with Crippen LogP contribution in [0.5, 0.6) is 5.75 Å². The van der Waals surface area contributed by atoms with Crippen molar-refractivity contribution in [3.8, 4) is 5.75 Å². The van der Waals surface area contributed by atoms with Crippen molar-refractivity contribution in [2.75, 3.05) is 13.7 Å². The summed E-state index contributed by atoms with van der Waals surface area (Å²) in [6.07, 6.45) is 7.60. The minimum atomic E-state index is -0.354. The number of pyridine rings is 1. The van der Waals surface area contributed by atoms with E-state index in [9.17, 15) is 4.79 Å². The summed E-state index contributed by atoms with van der Waals surface area (Å²) in [5, 5.41) is 3.09. The summed E-state index contributed by atoms with van der Waals surface area (Å²) in [6, 6.07) is 0. The van der Waals surface area contributed by atoms with Crippen molar-refractivity contribution in [1.29, 1.82) is 0 Å². The molecule has 0 bridgehead atoms. The third-order valence-electron chi connectivity index (χ3n) is 3.11. The van der Waals surface area contributed by atoms with Gasteiger partial charge in [-0.2, -0.15) is 0 Å². The third-order valence-corrected chi connectivity index (χ3v) is 3.95. The zero-order valence-electron chi connectivity index (χ0n) is 12.2. The zero-order chi connectivity index (χ0) is 15.1. The number of ether oxygens (including phenoxy) is 2. The summed E-state index contributed by atoms with van der Waals surface area (Å²) in [5.74, 6) is 0.237. The van der Waals surface area contributed by atoms with E-state index in [1.165, 1.54) is 6.20 Å². The molecule has 2 rings (SSSR count). The fourth-order valence-corrected chi connectivity index (χ4v) is 2.58. The van der Waals surface area contributed by atoms with Gasteiger partial charge in [-0.3, -0.25) is 4.98 Å². The standard InChI is InChI=1S/C15H18N2O3S/c1-11-12(9-16-10-13(11)19-2)15(18)20-7-4-3-5-14-17-6-8-21-14/h6,8-10H,3-5,7H2,1-2H3. The molecule has 2 aromatic rings. The maximum atomic E-state index is 12.0. The summed E-state index contributed by atoms with van der Waals surface area (Å²) in [6.45, 7) is 2.22. The number of aromatic nitrogens is 2. The van der Waals surface area contributed by atoms with Gasteiger partial charge in [-0.1, -0.05) is 0 Å². The van der Waals surface area contributed by atoms with Crippen LogP contribution in [-0.4, -0.2) is 29.7 Å². The minimum absolute atomic E-state index is 0.354. The van der Waals surface area contributed by atoms with Crippen LogP contribution in [0.2, 0.25) is 0 Å². The molecular formula is C15H18N2O3S. The highest BCUT2D eigenvalue weighted by molar-refractivity contribution is 7.09. The summed E-state index contributed by atoms with van der Waals surface area (Å²) in [4.78, 5) is 20.2. The molecule has 0 unspecified atom stereocenters. The van der Waals surface area contributed by atoms with E-state index in [1.54, 1.807) is 30.8 Å². The van der Waals surface area contributed by atoms with Crippen molar-refractivity contribution in [3.63, 3.8) is 0 Å². The third kappa shape index (κ3) is 4.26. The van der Waals surface area contributed by atoms with E-state index >= 15 is 0 Å². The van der Waals surface area contributed by atoms with Gasteiger partial charge >= 0.3 is 5.97 Å². The fourth-order valence-electron chi connectivity index (χ4n) is 1.91. The van der Waals surface area contributed by atoms with Gasteiger partial charge in [0.1, 0.15) is 5.75 Å². The number of nitrogens with zero attached hydrogens (tertiary/aromatic N) is 2. The molecule has 0 saturated carbocycles. The van der Waals surface area contributed by atoms with Gasteiger partial charge in [0.05, 0.1) is 30.5 Å². The molecule has 0 saturated heterocycles. The van der Waals surface area contributed by atoms with Gasteiger partial charge in [-0.05, 0) is 26.2 Å². The molecule has 0 atom stereocenters. The van der Waals surface area contributed by atoms with Gasteiger partial charge in [-0.25, -0.2) is 9.78 Å². The number of carbonyl (C=O) groups excluding carboxylic acids is 1.